The van der Waals surface area contributed by atoms with E-state index < -0.39 is 0 Å². The SMILES string of the molecule is Cc1cc(CO)ccc1OC/C=C/B1OC(C)(C)C(C)(C)O1.Cc1cc(COc2ccc3nc4ccc(=O)cc-4oc3c2)ccc1OC/C=C/B1OC(C)(C)C(C)(C)O1. The van der Waals surface area contributed by atoms with Crippen molar-refractivity contribution in [3.63, 3.8) is 0 Å². The van der Waals surface area contributed by atoms with Gasteiger partial charge in [0.2, 0.25) is 0 Å². The highest BCUT2D eigenvalue weighted by molar-refractivity contribution is 6.52. The van der Waals surface area contributed by atoms with Gasteiger partial charge in [0.1, 0.15) is 48.3 Å². The molecule has 1 aliphatic carbocycles. The standard InChI is InChI=1S/C29H30BNO6.C17H25BO4/c1-19-15-20(7-12-25(19)33-14-6-13-30-36-28(2,3)29(4,5)37-30)18-34-22-9-11-24-27(17-22)35-26-16-21(32)8-10-23(26)31-24;1-13-11-14(12-19)7-8-15(13)20-10-6-9-18-21-16(2,3)17(4,5)22-18/h6-13,15-17H,14,18H2,1-5H3;6-9,11,19H,10,12H2,1-5H3/b13-6+;9-6+. The van der Waals surface area contributed by atoms with Gasteiger partial charge >= 0.3 is 14.2 Å². The average Bonchev–Trinajstić information content (AvgIpc) is 3.52. The first-order chi connectivity index (χ1) is 27.8. The quantitative estimate of drug-likeness (QED) is 0.0961. The molecule has 3 aromatic rings. The molecule has 0 saturated carbocycles. The van der Waals surface area contributed by atoms with Gasteiger partial charge in [0, 0.05) is 12.1 Å². The van der Waals surface area contributed by atoms with Gasteiger partial charge in [-0.1, -0.05) is 42.3 Å². The van der Waals surface area contributed by atoms with E-state index in [0.717, 1.165) is 33.8 Å². The average molecular weight is 804 g/mol. The maximum absolute atomic E-state index is 11.6. The third-order valence-corrected chi connectivity index (χ3v) is 11.2. The van der Waals surface area contributed by atoms with E-state index in [0.29, 0.717) is 48.1 Å². The molecule has 2 saturated heterocycles. The first kappa shape index (κ1) is 43.7. The molecule has 3 aromatic carbocycles. The Morgan fingerprint density at radius 2 is 1.17 bits per heavy atom. The summed E-state index contributed by atoms with van der Waals surface area (Å²) in [7, 11) is -0.720. The van der Waals surface area contributed by atoms with Gasteiger partial charge in [-0.15, -0.1) is 0 Å². The van der Waals surface area contributed by atoms with Crippen LogP contribution in [-0.4, -0.2) is 59.9 Å². The molecule has 3 aliphatic heterocycles. The number of ether oxygens (including phenoxy) is 3. The van der Waals surface area contributed by atoms with Crippen LogP contribution >= 0.6 is 0 Å². The molecular formula is C46H55B2NO10. The van der Waals surface area contributed by atoms with Gasteiger partial charge in [0.25, 0.3) is 0 Å². The van der Waals surface area contributed by atoms with Gasteiger partial charge < -0.3 is 42.4 Å². The number of aryl methyl sites for hydroxylation is 2. The van der Waals surface area contributed by atoms with E-state index in [1.807, 2.05) is 142 Å². The van der Waals surface area contributed by atoms with Crippen molar-refractivity contribution in [1.29, 1.82) is 0 Å². The van der Waals surface area contributed by atoms with Gasteiger partial charge in [-0.25, -0.2) is 4.98 Å². The van der Waals surface area contributed by atoms with Crippen LogP contribution < -0.4 is 19.6 Å². The van der Waals surface area contributed by atoms with Crippen molar-refractivity contribution in [3.8, 4) is 28.7 Å². The molecule has 0 radical (unpaired) electrons. The molecule has 13 heteroatoms. The number of nitrogens with zero attached hydrogens (tertiary/aromatic N) is 1. The summed E-state index contributed by atoms with van der Waals surface area (Å²) in [6, 6.07) is 21.7. The highest BCUT2D eigenvalue weighted by Crippen LogP contribution is 2.38. The topological polar surface area (TPSA) is 128 Å². The molecule has 310 valence electrons. The Morgan fingerprint density at radius 1 is 0.644 bits per heavy atom. The lowest BCUT2D eigenvalue weighted by Crippen LogP contribution is -2.41. The van der Waals surface area contributed by atoms with E-state index in [4.69, 9.17) is 42.4 Å². The summed E-state index contributed by atoms with van der Waals surface area (Å²) < 4.78 is 47.2. The molecule has 4 aliphatic rings. The van der Waals surface area contributed by atoms with E-state index in [1.165, 1.54) is 12.1 Å². The van der Waals surface area contributed by atoms with Gasteiger partial charge in [0.15, 0.2) is 16.8 Å². The van der Waals surface area contributed by atoms with Crippen molar-refractivity contribution in [3.05, 3.63) is 129 Å². The fourth-order valence-corrected chi connectivity index (χ4v) is 6.32. The van der Waals surface area contributed by atoms with Crippen LogP contribution in [0.15, 0.2) is 106 Å². The Balaban J connectivity index is 0.000000227. The molecule has 1 N–H and O–H groups in total. The highest BCUT2D eigenvalue weighted by atomic mass is 16.7. The normalized spacial score (nSPS) is 17.8. The summed E-state index contributed by atoms with van der Waals surface area (Å²) in [6.07, 6.45) is 3.82. The zero-order valence-electron chi connectivity index (χ0n) is 35.8. The van der Waals surface area contributed by atoms with Crippen LogP contribution in [0.5, 0.6) is 17.2 Å². The summed E-state index contributed by atoms with van der Waals surface area (Å²) in [6.45, 7) is 21.5. The second-order valence-corrected chi connectivity index (χ2v) is 16.8. The molecule has 0 aromatic heterocycles. The monoisotopic (exact) mass is 803 g/mol. The summed E-state index contributed by atoms with van der Waals surface area (Å²) in [5, 5.41) is 9.09. The number of aliphatic hydroxyl groups excluding tert-OH is 1. The predicted octanol–water partition coefficient (Wildman–Crippen LogP) is 8.80. The maximum Gasteiger partial charge on any atom is 0.486 e. The number of aliphatic hydroxyl groups is 1. The Labute approximate surface area is 347 Å². The van der Waals surface area contributed by atoms with Gasteiger partial charge in [-0.3, -0.25) is 4.79 Å². The van der Waals surface area contributed by atoms with Crippen molar-refractivity contribution >= 4 is 25.3 Å². The summed E-state index contributed by atoms with van der Waals surface area (Å²) in [5.74, 6) is 6.50. The zero-order chi connectivity index (χ0) is 42.6. The number of fused-ring (bicyclic) bond motifs is 2. The van der Waals surface area contributed by atoms with E-state index >= 15 is 0 Å². The first-order valence-corrected chi connectivity index (χ1v) is 19.9. The minimum absolute atomic E-state index is 0.0446. The lowest BCUT2D eigenvalue weighted by Gasteiger charge is -2.32. The molecule has 0 amide bonds. The molecule has 0 unspecified atom stereocenters. The van der Waals surface area contributed by atoms with E-state index in [1.54, 1.807) is 12.1 Å². The fraction of sp³-hybridized carbons (Fsp3) is 0.391. The zero-order valence-corrected chi connectivity index (χ0v) is 35.8. The minimum atomic E-state index is -0.379. The Bertz CT molecular complexity index is 2300. The Morgan fingerprint density at radius 3 is 1.69 bits per heavy atom. The molecule has 0 atom stereocenters. The van der Waals surface area contributed by atoms with E-state index in [-0.39, 0.29) is 48.7 Å². The minimum Gasteiger partial charge on any atom is -0.489 e. The van der Waals surface area contributed by atoms with Crippen LogP contribution in [0, 0.1) is 13.8 Å². The Hall–Kier alpha value is -4.91. The van der Waals surface area contributed by atoms with Gasteiger partial charge in [0.05, 0.1) is 29.0 Å². The third-order valence-electron chi connectivity index (χ3n) is 11.2. The molecule has 0 bridgehead atoms. The molecule has 3 heterocycles. The van der Waals surface area contributed by atoms with Crippen LogP contribution in [0.25, 0.3) is 22.6 Å². The lowest BCUT2D eigenvalue weighted by atomic mass is 9.90. The van der Waals surface area contributed by atoms with Crippen molar-refractivity contribution < 1.29 is 42.4 Å². The molecule has 2 fully saturated rings. The number of aromatic nitrogens is 1. The van der Waals surface area contributed by atoms with E-state index in [2.05, 4.69) is 4.98 Å². The number of benzene rings is 4. The Kier molecular flexibility index (Phi) is 13.1. The second-order valence-electron chi connectivity index (χ2n) is 16.8. The van der Waals surface area contributed by atoms with Crippen LogP contribution in [0.2, 0.25) is 0 Å². The van der Waals surface area contributed by atoms with Crippen molar-refractivity contribution in [2.45, 2.75) is 105 Å². The second kappa shape index (κ2) is 17.7. The fourth-order valence-electron chi connectivity index (χ4n) is 6.32. The van der Waals surface area contributed by atoms with Crippen molar-refractivity contribution in [1.82, 2.24) is 4.98 Å². The van der Waals surface area contributed by atoms with Gasteiger partial charge in [-0.2, -0.15) is 0 Å². The van der Waals surface area contributed by atoms with Crippen LogP contribution in [0.3, 0.4) is 0 Å². The third kappa shape index (κ3) is 10.6. The summed E-state index contributed by atoms with van der Waals surface area (Å²) >= 11 is 0. The highest BCUT2D eigenvalue weighted by Gasteiger charge is 2.51. The van der Waals surface area contributed by atoms with Gasteiger partial charge in [-0.05, 0) is 134 Å². The summed E-state index contributed by atoms with van der Waals surface area (Å²) in [4.78, 5) is 16.2. The van der Waals surface area contributed by atoms with Crippen molar-refractivity contribution in [2.24, 2.45) is 0 Å². The number of hydrogen-bond acceptors (Lipinski definition) is 11. The molecular weight excluding hydrogens is 748 g/mol. The number of rotatable bonds is 12. The molecule has 0 spiro atoms. The maximum atomic E-state index is 11.6. The van der Waals surface area contributed by atoms with Crippen LogP contribution in [-0.2, 0) is 31.8 Å². The molecule has 7 rings (SSSR count). The van der Waals surface area contributed by atoms with Crippen LogP contribution in [0.4, 0.5) is 0 Å². The smallest absolute Gasteiger partial charge is 0.486 e. The first-order valence-electron chi connectivity index (χ1n) is 19.9. The largest absolute Gasteiger partial charge is 0.489 e. The van der Waals surface area contributed by atoms with E-state index in [9.17, 15) is 4.79 Å². The summed E-state index contributed by atoms with van der Waals surface area (Å²) in [5.41, 5.74) is 4.36. The predicted molar refractivity (Wildman–Crippen MR) is 231 cm³/mol. The molecule has 11 nitrogen and oxygen atoms in total. The lowest BCUT2D eigenvalue weighted by molar-refractivity contribution is 0.00578. The van der Waals surface area contributed by atoms with Crippen LogP contribution in [0.1, 0.15) is 77.6 Å². The number of hydrogen-bond donors (Lipinski definition) is 1. The van der Waals surface area contributed by atoms with Crippen molar-refractivity contribution in [2.75, 3.05) is 13.2 Å². The molecule has 59 heavy (non-hydrogen) atoms.